The number of carboxylic acid groups (broad SMARTS) is 1. The van der Waals surface area contributed by atoms with Gasteiger partial charge in [0.25, 0.3) is 0 Å². The van der Waals surface area contributed by atoms with E-state index in [1.54, 1.807) is 0 Å². The van der Waals surface area contributed by atoms with Crippen molar-refractivity contribution in [1.29, 1.82) is 0 Å². The van der Waals surface area contributed by atoms with E-state index < -0.39 is 5.97 Å². The summed E-state index contributed by atoms with van der Waals surface area (Å²) in [6.07, 6.45) is 3.73. The Labute approximate surface area is 97.4 Å². The molecule has 1 aliphatic heterocycles. The van der Waals surface area contributed by atoms with Gasteiger partial charge in [0.05, 0.1) is 0 Å². The maximum atomic E-state index is 10.8. The van der Waals surface area contributed by atoms with Crippen LogP contribution in [0.15, 0.2) is 0 Å². The van der Waals surface area contributed by atoms with Crippen molar-refractivity contribution >= 4 is 5.97 Å². The Morgan fingerprint density at radius 2 is 2.25 bits per heavy atom. The van der Waals surface area contributed by atoms with Crippen LogP contribution >= 0.6 is 0 Å². The molecule has 0 radical (unpaired) electrons. The number of ether oxygens (including phenoxy) is 1. The molecular formula is C12H23NO3. The van der Waals surface area contributed by atoms with Gasteiger partial charge in [0, 0.05) is 19.3 Å². The summed E-state index contributed by atoms with van der Waals surface area (Å²) < 4.78 is 5.51. The van der Waals surface area contributed by atoms with Crippen molar-refractivity contribution in [3.8, 4) is 0 Å². The fourth-order valence-corrected chi connectivity index (χ4v) is 1.99. The zero-order chi connectivity index (χ0) is 12.0. The molecule has 94 valence electrons. The minimum Gasteiger partial charge on any atom is -0.480 e. The summed E-state index contributed by atoms with van der Waals surface area (Å²) in [5.41, 5.74) is 0. The van der Waals surface area contributed by atoms with Crippen molar-refractivity contribution in [3.05, 3.63) is 0 Å². The molecule has 1 saturated heterocycles. The third-order valence-electron chi connectivity index (χ3n) is 2.84. The Hall–Kier alpha value is -0.610. The van der Waals surface area contributed by atoms with E-state index in [2.05, 4.69) is 19.2 Å². The first-order valence-corrected chi connectivity index (χ1v) is 6.16. The third-order valence-corrected chi connectivity index (χ3v) is 2.84. The van der Waals surface area contributed by atoms with Crippen molar-refractivity contribution in [2.24, 2.45) is 5.92 Å². The number of aliphatic carboxylic acids is 1. The van der Waals surface area contributed by atoms with Crippen LogP contribution in [0.2, 0.25) is 0 Å². The van der Waals surface area contributed by atoms with Crippen molar-refractivity contribution in [1.82, 2.24) is 5.32 Å². The number of rotatable bonds is 6. The molecule has 1 fully saturated rings. The number of carboxylic acids is 1. The zero-order valence-electron chi connectivity index (χ0n) is 10.2. The van der Waals surface area contributed by atoms with Gasteiger partial charge in [0.2, 0.25) is 0 Å². The van der Waals surface area contributed by atoms with E-state index >= 15 is 0 Å². The predicted octanol–water partition coefficient (Wildman–Crippen LogP) is 1.64. The van der Waals surface area contributed by atoms with Crippen molar-refractivity contribution < 1.29 is 14.6 Å². The Morgan fingerprint density at radius 1 is 1.50 bits per heavy atom. The molecule has 1 rings (SSSR count). The molecule has 4 heteroatoms. The van der Waals surface area contributed by atoms with Crippen molar-refractivity contribution in [2.45, 2.75) is 51.6 Å². The lowest BCUT2D eigenvalue weighted by Crippen LogP contribution is -2.47. The molecular weight excluding hydrogens is 206 g/mol. The molecule has 2 N–H and O–H groups in total. The van der Waals surface area contributed by atoms with Crippen LogP contribution in [0.1, 0.15) is 39.5 Å². The molecule has 0 spiro atoms. The fourth-order valence-electron chi connectivity index (χ4n) is 1.99. The van der Waals surface area contributed by atoms with Gasteiger partial charge in [-0.2, -0.15) is 0 Å². The minimum atomic E-state index is -0.729. The second kappa shape index (κ2) is 6.86. The van der Waals surface area contributed by atoms with Crippen LogP contribution in [-0.2, 0) is 9.53 Å². The first-order valence-electron chi connectivity index (χ1n) is 6.16. The summed E-state index contributed by atoms with van der Waals surface area (Å²) in [4.78, 5) is 10.8. The molecule has 2 unspecified atom stereocenters. The Bertz CT molecular complexity index is 218. The summed E-state index contributed by atoms with van der Waals surface area (Å²) in [5.74, 6) is -0.168. The number of hydrogen-bond acceptors (Lipinski definition) is 3. The topological polar surface area (TPSA) is 58.6 Å². The molecule has 0 bridgehead atoms. The van der Waals surface area contributed by atoms with Gasteiger partial charge in [-0.25, -0.2) is 0 Å². The van der Waals surface area contributed by atoms with Gasteiger partial charge in [-0.15, -0.1) is 0 Å². The average molecular weight is 229 g/mol. The second-order valence-electron chi connectivity index (χ2n) is 4.94. The molecule has 2 atom stereocenters. The first-order chi connectivity index (χ1) is 7.59. The number of nitrogens with one attached hydrogen (secondary N) is 1. The summed E-state index contributed by atoms with van der Waals surface area (Å²) in [6.45, 7) is 5.76. The molecule has 0 saturated carbocycles. The Morgan fingerprint density at radius 3 is 2.88 bits per heavy atom. The molecule has 0 aromatic heterocycles. The number of piperidine rings is 1. The molecule has 1 aliphatic rings. The lowest BCUT2D eigenvalue weighted by atomic mass is 9.97. The molecule has 0 aromatic carbocycles. The lowest BCUT2D eigenvalue weighted by molar-refractivity contribution is -0.140. The van der Waals surface area contributed by atoms with Gasteiger partial charge < -0.3 is 15.2 Å². The lowest BCUT2D eigenvalue weighted by Gasteiger charge is -2.28. The molecule has 0 aliphatic carbocycles. The van der Waals surface area contributed by atoms with Gasteiger partial charge in [-0.1, -0.05) is 13.8 Å². The summed E-state index contributed by atoms with van der Waals surface area (Å²) in [6, 6.07) is -0.0501. The van der Waals surface area contributed by atoms with E-state index in [9.17, 15) is 4.79 Å². The minimum absolute atomic E-state index is 0.307. The molecule has 4 nitrogen and oxygen atoms in total. The van der Waals surface area contributed by atoms with Gasteiger partial charge in [0.1, 0.15) is 6.04 Å². The van der Waals surface area contributed by atoms with Gasteiger partial charge in [-0.3, -0.25) is 4.79 Å². The molecule has 0 amide bonds. The first kappa shape index (κ1) is 13.5. The summed E-state index contributed by atoms with van der Waals surface area (Å²) in [5, 5.41) is 12.1. The highest BCUT2D eigenvalue weighted by Crippen LogP contribution is 2.15. The van der Waals surface area contributed by atoms with Crippen LogP contribution in [0.3, 0.4) is 0 Å². The predicted molar refractivity (Wildman–Crippen MR) is 62.5 cm³/mol. The Kier molecular flexibility index (Phi) is 5.77. The largest absolute Gasteiger partial charge is 0.480 e. The maximum absolute atomic E-state index is 10.8. The smallest absolute Gasteiger partial charge is 0.320 e. The highest BCUT2D eigenvalue weighted by Gasteiger charge is 2.25. The second-order valence-corrected chi connectivity index (χ2v) is 4.94. The van der Waals surface area contributed by atoms with Crippen LogP contribution < -0.4 is 5.32 Å². The SMILES string of the molecule is CC(C)COCCC1CCCC(C(=O)O)N1. The highest BCUT2D eigenvalue weighted by molar-refractivity contribution is 5.73. The van der Waals surface area contributed by atoms with Gasteiger partial charge in [-0.05, 0) is 31.6 Å². The third kappa shape index (κ3) is 4.94. The van der Waals surface area contributed by atoms with E-state index in [0.29, 0.717) is 12.0 Å². The molecule has 1 heterocycles. The van der Waals surface area contributed by atoms with Crippen LogP contribution in [0.25, 0.3) is 0 Å². The standard InChI is InChI=1S/C12H23NO3/c1-9(2)8-16-7-6-10-4-3-5-11(13-10)12(14)15/h9-11,13H,3-8H2,1-2H3,(H,14,15). The van der Waals surface area contributed by atoms with E-state index in [1.807, 2.05) is 0 Å². The van der Waals surface area contributed by atoms with E-state index in [-0.39, 0.29) is 6.04 Å². The summed E-state index contributed by atoms with van der Waals surface area (Å²) in [7, 11) is 0. The average Bonchev–Trinajstić information content (AvgIpc) is 2.24. The maximum Gasteiger partial charge on any atom is 0.320 e. The normalized spacial score (nSPS) is 25.9. The van der Waals surface area contributed by atoms with Gasteiger partial charge >= 0.3 is 5.97 Å². The number of carbonyl (C=O) groups is 1. The number of hydrogen-bond donors (Lipinski definition) is 2. The van der Waals surface area contributed by atoms with E-state index in [4.69, 9.17) is 9.84 Å². The summed E-state index contributed by atoms with van der Waals surface area (Å²) >= 11 is 0. The molecule has 16 heavy (non-hydrogen) atoms. The zero-order valence-corrected chi connectivity index (χ0v) is 10.2. The monoisotopic (exact) mass is 229 g/mol. The van der Waals surface area contributed by atoms with Crippen LogP contribution in [0.5, 0.6) is 0 Å². The van der Waals surface area contributed by atoms with Crippen LogP contribution in [-0.4, -0.2) is 36.4 Å². The fraction of sp³-hybridized carbons (Fsp3) is 0.917. The van der Waals surface area contributed by atoms with E-state index in [1.165, 1.54) is 0 Å². The van der Waals surface area contributed by atoms with Crippen LogP contribution in [0, 0.1) is 5.92 Å². The van der Waals surface area contributed by atoms with Crippen molar-refractivity contribution in [3.63, 3.8) is 0 Å². The molecule has 0 aromatic rings. The quantitative estimate of drug-likeness (QED) is 0.680. The Balaban J connectivity index is 2.14. The van der Waals surface area contributed by atoms with Crippen LogP contribution in [0.4, 0.5) is 0 Å². The van der Waals surface area contributed by atoms with Gasteiger partial charge in [0.15, 0.2) is 0 Å². The highest BCUT2D eigenvalue weighted by atomic mass is 16.5. The van der Waals surface area contributed by atoms with Crippen molar-refractivity contribution in [2.75, 3.05) is 13.2 Å². The van der Waals surface area contributed by atoms with E-state index in [0.717, 1.165) is 38.9 Å².